The number of methoxy groups -OCH3 is 1. The van der Waals surface area contributed by atoms with Crippen LogP contribution >= 0.6 is 15.9 Å². The minimum absolute atomic E-state index is 0.520. The molecule has 0 aliphatic carbocycles. The van der Waals surface area contributed by atoms with Crippen LogP contribution in [-0.2, 0) is 14.3 Å². The van der Waals surface area contributed by atoms with E-state index in [1.807, 2.05) is 5.32 Å². The molecule has 28 heavy (non-hydrogen) atoms. The molecule has 0 radical (unpaired) electrons. The molecular formula is C19H15BrF3NO4. The summed E-state index contributed by atoms with van der Waals surface area (Å²) in [5.41, 5.74) is 0.0241. The zero-order valence-corrected chi connectivity index (χ0v) is 16.3. The number of halogens is 4. The maximum atomic E-state index is 13.6. The molecule has 2 aromatic carbocycles. The van der Waals surface area contributed by atoms with Crippen LogP contribution in [0.15, 0.2) is 40.9 Å². The molecule has 148 valence electrons. The Labute approximate surface area is 167 Å². The van der Waals surface area contributed by atoms with Crippen molar-refractivity contribution in [1.29, 1.82) is 0 Å². The molecule has 0 aromatic heterocycles. The van der Waals surface area contributed by atoms with Gasteiger partial charge in [-0.25, -0.2) is 18.0 Å². The minimum Gasteiger partial charge on any atom is -0.496 e. The molecule has 0 spiro atoms. The van der Waals surface area contributed by atoms with Crippen LogP contribution in [0, 0.1) is 17.5 Å². The van der Waals surface area contributed by atoms with Gasteiger partial charge in [0.1, 0.15) is 5.75 Å². The van der Waals surface area contributed by atoms with Gasteiger partial charge in [0.15, 0.2) is 23.6 Å². The fourth-order valence-corrected chi connectivity index (χ4v) is 2.50. The van der Waals surface area contributed by atoms with Gasteiger partial charge in [-0.2, -0.15) is 0 Å². The number of amides is 1. The maximum absolute atomic E-state index is 13.6. The Hall–Kier alpha value is -2.81. The van der Waals surface area contributed by atoms with E-state index in [0.717, 1.165) is 16.6 Å². The van der Waals surface area contributed by atoms with Crippen LogP contribution < -0.4 is 10.1 Å². The van der Waals surface area contributed by atoms with Gasteiger partial charge in [-0.05, 0) is 43.3 Å². The summed E-state index contributed by atoms with van der Waals surface area (Å²) in [5, 5.41) is 2.03. The molecule has 1 amide bonds. The molecule has 0 heterocycles. The first-order valence-corrected chi connectivity index (χ1v) is 8.68. The fraction of sp³-hybridized carbons (Fsp3) is 0.158. The predicted octanol–water partition coefficient (Wildman–Crippen LogP) is 4.46. The molecule has 2 rings (SSSR count). The Morgan fingerprint density at radius 2 is 1.86 bits per heavy atom. The lowest BCUT2D eigenvalue weighted by atomic mass is 10.2. The largest absolute Gasteiger partial charge is 0.496 e. The van der Waals surface area contributed by atoms with Crippen LogP contribution in [0.1, 0.15) is 12.5 Å². The van der Waals surface area contributed by atoms with E-state index in [2.05, 4.69) is 15.9 Å². The molecule has 1 N–H and O–H groups in total. The van der Waals surface area contributed by atoms with Gasteiger partial charge in [-0.3, -0.25) is 4.79 Å². The lowest BCUT2D eigenvalue weighted by Crippen LogP contribution is -2.29. The minimum atomic E-state index is -1.71. The van der Waals surface area contributed by atoms with Gasteiger partial charge in [-0.15, -0.1) is 0 Å². The summed E-state index contributed by atoms with van der Waals surface area (Å²) in [6.07, 6.45) is 1.21. The van der Waals surface area contributed by atoms with E-state index in [-0.39, 0.29) is 0 Å². The highest BCUT2D eigenvalue weighted by molar-refractivity contribution is 9.10. The van der Waals surface area contributed by atoms with Gasteiger partial charge in [-0.1, -0.05) is 15.9 Å². The number of esters is 1. The highest BCUT2D eigenvalue weighted by Gasteiger charge is 2.20. The summed E-state index contributed by atoms with van der Waals surface area (Å²) in [5.74, 6) is -5.88. The standard InChI is InChI=1S/C19H15BrF3NO4/c1-10(19(26)24-14-6-5-13(21)17(22)18(14)23)28-16(25)8-3-11-9-12(20)4-7-15(11)27-2/h3-10H,1-2H3,(H,24,26)/b8-3+. The van der Waals surface area contributed by atoms with E-state index in [4.69, 9.17) is 9.47 Å². The Bertz CT molecular complexity index is 934. The second-order valence-corrected chi connectivity index (χ2v) is 6.43. The number of carbonyl (C=O) groups excluding carboxylic acids is 2. The Balaban J connectivity index is 2.01. The molecule has 0 saturated heterocycles. The highest BCUT2D eigenvalue weighted by Crippen LogP contribution is 2.24. The van der Waals surface area contributed by atoms with Crippen molar-refractivity contribution in [2.45, 2.75) is 13.0 Å². The smallest absolute Gasteiger partial charge is 0.331 e. The molecular weight excluding hydrogens is 443 g/mol. The van der Waals surface area contributed by atoms with E-state index in [0.29, 0.717) is 17.4 Å². The molecule has 9 heteroatoms. The van der Waals surface area contributed by atoms with Crippen molar-refractivity contribution in [1.82, 2.24) is 0 Å². The van der Waals surface area contributed by atoms with E-state index in [9.17, 15) is 22.8 Å². The first-order valence-electron chi connectivity index (χ1n) is 7.89. The Kier molecular flexibility index (Phi) is 7.22. The van der Waals surface area contributed by atoms with Crippen molar-refractivity contribution in [2.75, 3.05) is 12.4 Å². The summed E-state index contributed by atoms with van der Waals surface area (Å²) in [4.78, 5) is 23.9. The lowest BCUT2D eigenvalue weighted by Gasteiger charge is -2.13. The lowest BCUT2D eigenvalue weighted by molar-refractivity contribution is -0.148. The first-order chi connectivity index (χ1) is 13.2. The Morgan fingerprint density at radius 1 is 1.14 bits per heavy atom. The van der Waals surface area contributed by atoms with Crippen molar-refractivity contribution < 1.29 is 32.2 Å². The SMILES string of the molecule is COc1ccc(Br)cc1/C=C/C(=O)OC(C)C(=O)Nc1ccc(F)c(F)c1F. The van der Waals surface area contributed by atoms with Crippen LogP contribution in [0.4, 0.5) is 18.9 Å². The van der Waals surface area contributed by atoms with Crippen LogP contribution in [-0.4, -0.2) is 25.1 Å². The molecule has 1 unspecified atom stereocenters. The van der Waals surface area contributed by atoms with Crippen LogP contribution in [0.5, 0.6) is 5.75 Å². The van der Waals surface area contributed by atoms with Gasteiger partial charge in [0.25, 0.3) is 5.91 Å². The number of anilines is 1. The van der Waals surface area contributed by atoms with Gasteiger partial charge < -0.3 is 14.8 Å². The Morgan fingerprint density at radius 3 is 2.54 bits per heavy atom. The molecule has 2 aromatic rings. The third-order valence-corrected chi connectivity index (χ3v) is 4.04. The normalized spacial score (nSPS) is 11.9. The quantitative estimate of drug-likeness (QED) is 0.395. The third kappa shape index (κ3) is 5.35. The number of nitrogens with one attached hydrogen (secondary N) is 1. The zero-order chi connectivity index (χ0) is 20.8. The monoisotopic (exact) mass is 457 g/mol. The number of rotatable bonds is 6. The summed E-state index contributed by atoms with van der Waals surface area (Å²) < 4.78 is 50.6. The zero-order valence-electron chi connectivity index (χ0n) is 14.8. The average Bonchev–Trinajstić information content (AvgIpc) is 2.66. The fourth-order valence-electron chi connectivity index (χ4n) is 2.12. The molecule has 5 nitrogen and oxygen atoms in total. The number of carbonyl (C=O) groups is 2. The van der Waals surface area contributed by atoms with Crippen LogP contribution in [0.3, 0.4) is 0 Å². The van der Waals surface area contributed by atoms with Crippen molar-refractivity contribution in [3.8, 4) is 5.75 Å². The maximum Gasteiger partial charge on any atom is 0.331 e. The third-order valence-electron chi connectivity index (χ3n) is 3.55. The molecule has 0 saturated carbocycles. The molecule has 0 aliphatic heterocycles. The topological polar surface area (TPSA) is 64.6 Å². The molecule has 0 bridgehead atoms. The van der Waals surface area contributed by atoms with Crippen molar-refractivity contribution in [3.63, 3.8) is 0 Å². The van der Waals surface area contributed by atoms with E-state index < -0.39 is 41.1 Å². The number of ether oxygens (including phenoxy) is 2. The summed E-state index contributed by atoms with van der Waals surface area (Å²) in [7, 11) is 1.47. The second-order valence-electron chi connectivity index (χ2n) is 5.51. The van der Waals surface area contributed by atoms with Gasteiger partial charge in [0.05, 0.1) is 12.8 Å². The molecule has 0 aliphatic rings. The average molecular weight is 458 g/mol. The first kappa shape index (κ1) is 21.5. The van der Waals surface area contributed by atoms with E-state index in [1.54, 1.807) is 18.2 Å². The molecule has 1 atom stereocenters. The van der Waals surface area contributed by atoms with Crippen molar-refractivity contribution >= 4 is 39.6 Å². The van der Waals surface area contributed by atoms with Gasteiger partial charge in [0.2, 0.25) is 0 Å². The predicted molar refractivity (Wildman–Crippen MR) is 100 cm³/mol. The van der Waals surface area contributed by atoms with Gasteiger partial charge in [0, 0.05) is 16.1 Å². The second kappa shape index (κ2) is 9.41. The van der Waals surface area contributed by atoms with Gasteiger partial charge >= 0.3 is 5.97 Å². The van der Waals surface area contributed by atoms with Crippen LogP contribution in [0.25, 0.3) is 6.08 Å². The van der Waals surface area contributed by atoms with Crippen molar-refractivity contribution in [3.05, 3.63) is 63.9 Å². The molecule has 0 fully saturated rings. The van der Waals surface area contributed by atoms with Crippen LogP contribution in [0.2, 0.25) is 0 Å². The highest BCUT2D eigenvalue weighted by atomic mass is 79.9. The summed E-state index contributed by atoms with van der Waals surface area (Å²) in [6.45, 7) is 1.25. The van der Waals surface area contributed by atoms with E-state index >= 15 is 0 Å². The number of benzene rings is 2. The summed E-state index contributed by atoms with van der Waals surface area (Å²) in [6, 6.07) is 6.70. The van der Waals surface area contributed by atoms with E-state index in [1.165, 1.54) is 20.1 Å². The number of hydrogen-bond acceptors (Lipinski definition) is 4. The van der Waals surface area contributed by atoms with Crippen molar-refractivity contribution in [2.24, 2.45) is 0 Å². The summed E-state index contributed by atoms with van der Waals surface area (Å²) >= 11 is 3.30. The number of hydrogen-bond donors (Lipinski definition) is 1.